The third-order valence-corrected chi connectivity index (χ3v) is 4.52. The van der Waals surface area contributed by atoms with Crippen LogP contribution in [-0.2, 0) is 6.42 Å². The van der Waals surface area contributed by atoms with Gasteiger partial charge in [0.25, 0.3) is 0 Å². The van der Waals surface area contributed by atoms with Crippen molar-refractivity contribution in [3.8, 4) is 0 Å². The zero-order chi connectivity index (χ0) is 16.4. The van der Waals surface area contributed by atoms with E-state index in [1.165, 1.54) is 44.1 Å². The molecule has 0 aliphatic rings. The summed E-state index contributed by atoms with van der Waals surface area (Å²) >= 11 is 6.51. The van der Waals surface area contributed by atoms with Gasteiger partial charge in [0.1, 0.15) is 0 Å². The Balaban J connectivity index is 2.69. The normalized spacial score (nSPS) is 11.0. The van der Waals surface area contributed by atoms with Gasteiger partial charge in [0, 0.05) is 17.3 Å². The molecular formula is C20H32ClN. The number of hydrogen-bond donors (Lipinski definition) is 1. The molecule has 0 radical (unpaired) electrons. The van der Waals surface area contributed by atoms with Crippen molar-refractivity contribution >= 4 is 17.3 Å². The summed E-state index contributed by atoms with van der Waals surface area (Å²) in [4.78, 5) is 0. The predicted molar refractivity (Wildman–Crippen MR) is 100 cm³/mol. The van der Waals surface area contributed by atoms with Gasteiger partial charge < -0.3 is 5.32 Å². The average molecular weight is 322 g/mol. The molecular weight excluding hydrogens is 290 g/mol. The molecule has 0 fully saturated rings. The lowest BCUT2D eigenvalue weighted by Crippen LogP contribution is -2.12. The molecule has 0 amide bonds. The molecule has 0 aromatic heterocycles. The van der Waals surface area contributed by atoms with Crippen molar-refractivity contribution < 1.29 is 0 Å². The van der Waals surface area contributed by atoms with Crippen LogP contribution in [0.25, 0.3) is 5.70 Å². The molecule has 0 saturated carbocycles. The Kier molecular flexibility index (Phi) is 9.31. The Morgan fingerprint density at radius 3 is 2.36 bits per heavy atom. The Morgan fingerprint density at radius 1 is 1.14 bits per heavy atom. The van der Waals surface area contributed by atoms with Gasteiger partial charge >= 0.3 is 0 Å². The average Bonchev–Trinajstić information content (AvgIpc) is 2.50. The summed E-state index contributed by atoms with van der Waals surface area (Å²) < 4.78 is 0. The van der Waals surface area contributed by atoms with Crippen molar-refractivity contribution in [1.29, 1.82) is 0 Å². The summed E-state index contributed by atoms with van der Waals surface area (Å²) in [5.41, 5.74) is 3.35. The van der Waals surface area contributed by atoms with E-state index < -0.39 is 0 Å². The number of halogens is 1. The molecule has 1 nitrogen and oxygen atoms in total. The molecule has 0 aliphatic carbocycles. The first-order valence-electron chi connectivity index (χ1n) is 8.83. The fourth-order valence-corrected chi connectivity index (χ4v) is 3.15. The summed E-state index contributed by atoms with van der Waals surface area (Å²) in [7, 11) is 0. The zero-order valence-electron chi connectivity index (χ0n) is 14.6. The standard InChI is InChI=1S/C20H32ClN/c1-5-8-13-22-16(4)18-11-12-19(20(21)15-18)14-17(9-6-2)10-7-3/h11-12,15,17,22H,4-10,13-14H2,1-3H3. The number of unbranched alkanes of at least 4 members (excludes halogenated alkanes) is 1. The van der Waals surface area contributed by atoms with Crippen molar-refractivity contribution in [2.24, 2.45) is 5.92 Å². The second-order valence-corrected chi connectivity index (χ2v) is 6.62. The number of benzene rings is 1. The lowest BCUT2D eigenvalue weighted by atomic mass is 9.90. The Labute approximate surface area is 142 Å². The van der Waals surface area contributed by atoms with E-state index >= 15 is 0 Å². The Hall–Kier alpha value is -0.950. The van der Waals surface area contributed by atoms with Crippen LogP contribution in [0.2, 0.25) is 5.02 Å². The monoisotopic (exact) mass is 321 g/mol. The van der Waals surface area contributed by atoms with E-state index in [9.17, 15) is 0 Å². The molecule has 0 bridgehead atoms. The minimum Gasteiger partial charge on any atom is -0.385 e. The largest absolute Gasteiger partial charge is 0.385 e. The minimum atomic E-state index is 0.754. The van der Waals surface area contributed by atoms with Crippen molar-refractivity contribution in [2.45, 2.75) is 65.7 Å². The van der Waals surface area contributed by atoms with Gasteiger partial charge in [0.2, 0.25) is 0 Å². The molecule has 2 heteroatoms. The third kappa shape index (κ3) is 6.44. The van der Waals surface area contributed by atoms with Crippen molar-refractivity contribution in [2.75, 3.05) is 6.54 Å². The quantitative estimate of drug-likeness (QED) is 0.461. The van der Waals surface area contributed by atoms with Crippen LogP contribution in [0.1, 0.15) is 70.4 Å². The lowest BCUT2D eigenvalue weighted by Gasteiger charge is -2.17. The zero-order valence-corrected chi connectivity index (χ0v) is 15.3. The van der Waals surface area contributed by atoms with Crippen LogP contribution in [0.4, 0.5) is 0 Å². The maximum atomic E-state index is 6.51. The smallest absolute Gasteiger partial charge is 0.0444 e. The number of nitrogens with one attached hydrogen (secondary N) is 1. The first kappa shape index (κ1) is 19.1. The first-order chi connectivity index (χ1) is 10.6. The van der Waals surface area contributed by atoms with Gasteiger partial charge in [-0.3, -0.25) is 0 Å². The fourth-order valence-electron chi connectivity index (χ4n) is 2.89. The third-order valence-electron chi connectivity index (χ3n) is 4.17. The summed E-state index contributed by atoms with van der Waals surface area (Å²) in [6, 6.07) is 6.40. The van der Waals surface area contributed by atoms with E-state index in [1.54, 1.807) is 0 Å². The van der Waals surface area contributed by atoms with Crippen molar-refractivity contribution in [3.63, 3.8) is 0 Å². The first-order valence-corrected chi connectivity index (χ1v) is 9.21. The highest BCUT2D eigenvalue weighted by Gasteiger charge is 2.11. The van der Waals surface area contributed by atoms with Crippen LogP contribution in [0, 0.1) is 5.92 Å². The second-order valence-electron chi connectivity index (χ2n) is 6.21. The van der Waals surface area contributed by atoms with Crippen LogP contribution in [-0.4, -0.2) is 6.54 Å². The molecule has 0 saturated heterocycles. The maximum Gasteiger partial charge on any atom is 0.0444 e. The SMILES string of the molecule is C=C(NCCCC)c1ccc(CC(CCC)CCC)c(Cl)c1. The molecule has 1 aromatic carbocycles. The van der Waals surface area contributed by atoms with Gasteiger partial charge in [-0.1, -0.05) is 83.2 Å². The van der Waals surface area contributed by atoms with Crippen LogP contribution in [0.5, 0.6) is 0 Å². The van der Waals surface area contributed by atoms with Crippen LogP contribution in [0.3, 0.4) is 0 Å². The fraction of sp³-hybridized carbons (Fsp3) is 0.600. The van der Waals surface area contributed by atoms with E-state index in [0.29, 0.717) is 0 Å². The molecule has 22 heavy (non-hydrogen) atoms. The van der Waals surface area contributed by atoms with Crippen LogP contribution >= 0.6 is 11.6 Å². The molecule has 0 spiro atoms. The summed E-state index contributed by atoms with van der Waals surface area (Å²) in [5, 5.41) is 4.26. The van der Waals surface area contributed by atoms with E-state index in [4.69, 9.17) is 11.6 Å². The van der Waals surface area contributed by atoms with Gasteiger partial charge in [-0.05, 0) is 36.0 Å². The minimum absolute atomic E-state index is 0.754. The summed E-state index contributed by atoms with van der Waals surface area (Å²) in [5.74, 6) is 0.754. The van der Waals surface area contributed by atoms with Crippen molar-refractivity contribution in [1.82, 2.24) is 5.32 Å². The van der Waals surface area contributed by atoms with Crippen LogP contribution < -0.4 is 5.32 Å². The maximum absolute atomic E-state index is 6.51. The summed E-state index contributed by atoms with van der Waals surface area (Å²) in [6.45, 7) is 11.8. The highest BCUT2D eigenvalue weighted by atomic mass is 35.5. The number of hydrogen-bond acceptors (Lipinski definition) is 1. The molecule has 124 valence electrons. The van der Waals surface area contributed by atoms with E-state index in [-0.39, 0.29) is 0 Å². The Bertz CT molecular complexity index is 447. The molecule has 1 N–H and O–H groups in total. The molecule has 0 aliphatic heterocycles. The van der Waals surface area contributed by atoms with Gasteiger partial charge in [-0.25, -0.2) is 0 Å². The van der Waals surface area contributed by atoms with Crippen LogP contribution in [0.15, 0.2) is 24.8 Å². The van der Waals surface area contributed by atoms with Gasteiger partial charge in [0.15, 0.2) is 0 Å². The molecule has 0 heterocycles. The molecule has 1 rings (SSSR count). The highest BCUT2D eigenvalue weighted by Crippen LogP contribution is 2.26. The molecule has 0 unspecified atom stereocenters. The van der Waals surface area contributed by atoms with E-state index in [1.807, 2.05) is 0 Å². The van der Waals surface area contributed by atoms with Crippen molar-refractivity contribution in [3.05, 3.63) is 40.9 Å². The van der Waals surface area contributed by atoms with E-state index in [0.717, 1.165) is 35.2 Å². The van der Waals surface area contributed by atoms with Gasteiger partial charge in [-0.15, -0.1) is 0 Å². The number of rotatable bonds is 11. The van der Waals surface area contributed by atoms with Gasteiger partial charge in [-0.2, -0.15) is 0 Å². The topological polar surface area (TPSA) is 12.0 Å². The Morgan fingerprint density at radius 2 is 1.82 bits per heavy atom. The molecule has 1 aromatic rings. The predicted octanol–water partition coefficient (Wildman–Crippen LogP) is 6.46. The van der Waals surface area contributed by atoms with E-state index in [2.05, 4.69) is 50.9 Å². The summed E-state index contributed by atoms with van der Waals surface area (Å²) in [6.07, 6.45) is 8.53. The second kappa shape index (κ2) is 10.7. The lowest BCUT2D eigenvalue weighted by molar-refractivity contribution is 0.438. The van der Waals surface area contributed by atoms with Gasteiger partial charge in [0.05, 0.1) is 0 Å². The highest BCUT2D eigenvalue weighted by molar-refractivity contribution is 6.31. The molecule has 0 atom stereocenters.